The van der Waals surface area contributed by atoms with Crippen molar-refractivity contribution >= 4 is 17.5 Å². The van der Waals surface area contributed by atoms with Crippen LogP contribution in [0.5, 0.6) is 11.5 Å². The third-order valence-corrected chi connectivity index (χ3v) is 5.10. The van der Waals surface area contributed by atoms with Crippen LogP contribution in [0.15, 0.2) is 48.5 Å². The van der Waals surface area contributed by atoms with Gasteiger partial charge in [-0.2, -0.15) is 13.2 Å². The number of nitrogens with one attached hydrogen (secondary N) is 1. The Morgan fingerprint density at radius 1 is 1.00 bits per heavy atom. The summed E-state index contributed by atoms with van der Waals surface area (Å²) in [5, 5.41) is 2.70. The van der Waals surface area contributed by atoms with Crippen LogP contribution in [0.2, 0.25) is 0 Å². The molecule has 2 aromatic carbocycles. The molecule has 1 fully saturated rings. The molecule has 2 aromatic rings. The first-order valence-corrected chi connectivity index (χ1v) is 10.5. The van der Waals surface area contributed by atoms with Gasteiger partial charge in [0.2, 0.25) is 0 Å². The molecule has 0 unspecified atom stereocenters. The minimum Gasteiger partial charge on any atom is -0.497 e. The zero-order chi connectivity index (χ0) is 23.8. The zero-order valence-corrected chi connectivity index (χ0v) is 18.2. The van der Waals surface area contributed by atoms with E-state index in [1.165, 1.54) is 12.0 Å². The van der Waals surface area contributed by atoms with E-state index in [0.29, 0.717) is 42.3 Å². The molecule has 33 heavy (non-hydrogen) atoms. The number of nitrogens with zero attached hydrogens (tertiary/aromatic N) is 2. The van der Waals surface area contributed by atoms with E-state index in [-0.39, 0.29) is 31.5 Å². The van der Waals surface area contributed by atoms with Crippen LogP contribution in [0.4, 0.5) is 18.9 Å². The lowest BCUT2D eigenvalue weighted by Crippen LogP contribution is -2.38. The predicted molar refractivity (Wildman–Crippen MR) is 117 cm³/mol. The molecular formula is C23H26F3N3O4. The highest BCUT2D eigenvalue weighted by Crippen LogP contribution is 2.20. The van der Waals surface area contributed by atoms with Gasteiger partial charge < -0.3 is 19.7 Å². The first kappa shape index (κ1) is 24.4. The number of carbonyl (C=O) groups excluding carboxylic acids is 2. The van der Waals surface area contributed by atoms with E-state index < -0.39 is 12.7 Å². The molecule has 1 aliphatic heterocycles. The number of anilines is 1. The summed E-state index contributed by atoms with van der Waals surface area (Å²) in [6.07, 6.45) is -3.77. The van der Waals surface area contributed by atoms with Gasteiger partial charge >= 0.3 is 6.18 Å². The summed E-state index contributed by atoms with van der Waals surface area (Å²) in [4.78, 5) is 27.7. The Bertz CT molecular complexity index is 951. The molecule has 1 heterocycles. The van der Waals surface area contributed by atoms with Crippen LogP contribution >= 0.6 is 0 Å². The summed E-state index contributed by atoms with van der Waals surface area (Å²) in [7, 11) is 1.54. The summed E-state index contributed by atoms with van der Waals surface area (Å²) in [6, 6.07) is 13.3. The molecule has 1 N–H and O–H groups in total. The number of alkyl halides is 3. The first-order valence-electron chi connectivity index (χ1n) is 10.5. The summed E-state index contributed by atoms with van der Waals surface area (Å²) in [5.74, 6) is 0.438. The Hall–Kier alpha value is -3.27. The lowest BCUT2D eigenvalue weighted by atomic mass is 10.2. The SMILES string of the molecule is COc1cccc(NC(=O)COc2ccc(C(=O)N3CCCN(CC(F)(F)F)CC3)cc2)c1. The maximum atomic E-state index is 12.7. The van der Waals surface area contributed by atoms with Crippen LogP contribution in [0.25, 0.3) is 0 Å². The van der Waals surface area contributed by atoms with Crippen LogP contribution in [0.3, 0.4) is 0 Å². The predicted octanol–water partition coefficient (Wildman–Crippen LogP) is 3.42. The number of methoxy groups -OCH3 is 1. The molecule has 0 radical (unpaired) electrons. The summed E-state index contributed by atoms with van der Waals surface area (Å²) in [5.41, 5.74) is 0.989. The molecule has 10 heteroatoms. The average Bonchev–Trinajstić information content (AvgIpc) is 3.02. The normalized spacial score (nSPS) is 15.0. The maximum Gasteiger partial charge on any atom is 0.401 e. The monoisotopic (exact) mass is 465 g/mol. The van der Waals surface area contributed by atoms with Gasteiger partial charge in [0.25, 0.3) is 11.8 Å². The number of carbonyl (C=O) groups is 2. The molecule has 2 amide bonds. The molecule has 1 saturated heterocycles. The Kier molecular flexibility index (Phi) is 8.16. The highest BCUT2D eigenvalue weighted by molar-refractivity contribution is 5.94. The van der Waals surface area contributed by atoms with Crippen molar-refractivity contribution in [2.45, 2.75) is 12.6 Å². The van der Waals surface area contributed by atoms with Crippen molar-refractivity contribution < 1.29 is 32.2 Å². The van der Waals surface area contributed by atoms with Crippen molar-refractivity contribution in [3.63, 3.8) is 0 Å². The molecule has 0 atom stereocenters. The first-order chi connectivity index (χ1) is 15.7. The molecule has 0 saturated carbocycles. The van der Waals surface area contributed by atoms with E-state index >= 15 is 0 Å². The molecule has 0 spiro atoms. The standard InChI is InChI=1S/C23H26F3N3O4/c1-32-20-5-2-4-18(14-20)27-21(30)15-33-19-8-6-17(7-9-19)22(31)29-11-3-10-28(12-13-29)16-23(24,25)26/h2,4-9,14H,3,10-13,15-16H2,1H3,(H,27,30). The van der Waals surface area contributed by atoms with Crippen LogP contribution in [0, 0.1) is 0 Å². The van der Waals surface area contributed by atoms with E-state index in [0.717, 1.165) is 0 Å². The number of hydrogen-bond donors (Lipinski definition) is 1. The van der Waals surface area contributed by atoms with Crippen LogP contribution in [-0.2, 0) is 4.79 Å². The smallest absolute Gasteiger partial charge is 0.401 e. The average molecular weight is 465 g/mol. The van der Waals surface area contributed by atoms with E-state index in [1.54, 1.807) is 53.4 Å². The molecule has 0 bridgehead atoms. The summed E-state index contributed by atoms with van der Waals surface area (Å²) < 4.78 is 48.4. The molecular weight excluding hydrogens is 439 g/mol. The fourth-order valence-corrected chi connectivity index (χ4v) is 3.51. The maximum absolute atomic E-state index is 12.7. The van der Waals surface area contributed by atoms with Gasteiger partial charge in [0, 0.05) is 43.5 Å². The Morgan fingerprint density at radius 3 is 2.45 bits per heavy atom. The lowest BCUT2D eigenvalue weighted by molar-refractivity contribution is -0.145. The highest BCUT2D eigenvalue weighted by atomic mass is 19.4. The number of halogens is 3. The minimum atomic E-state index is -4.25. The van der Waals surface area contributed by atoms with Crippen molar-refractivity contribution in [2.24, 2.45) is 0 Å². The fraction of sp³-hybridized carbons (Fsp3) is 0.391. The highest BCUT2D eigenvalue weighted by Gasteiger charge is 2.32. The second kappa shape index (κ2) is 11.0. The molecule has 178 valence electrons. The van der Waals surface area contributed by atoms with E-state index in [4.69, 9.17) is 9.47 Å². The van der Waals surface area contributed by atoms with Gasteiger partial charge in [-0.3, -0.25) is 14.5 Å². The van der Waals surface area contributed by atoms with Crippen molar-refractivity contribution in [1.82, 2.24) is 9.80 Å². The van der Waals surface area contributed by atoms with Crippen molar-refractivity contribution in [3.8, 4) is 11.5 Å². The van der Waals surface area contributed by atoms with Crippen molar-refractivity contribution in [1.29, 1.82) is 0 Å². The molecule has 3 rings (SSSR count). The third-order valence-electron chi connectivity index (χ3n) is 5.10. The topological polar surface area (TPSA) is 71.1 Å². The molecule has 1 aliphatic rings. The number of hydrogen-bond acceptors (Lipinski definition) is 5. The van der Waals surface area contributed by atoms with Gasteiger partial charge in [-0.15, -0.1) is 0 Å². The van der Waals surface area contributed by atoms with Crippen molar-refractivity contribution in [3.05, 3.63) is 54.1 Å². The third kappa shape index (κ3) is 7.67. The van der Waals surface area contributed by atoms with Gasteiger partial charge in [-0.05, 0) is 42.8 Å². The molecule has 0 aromatic heterocycles. The Labute approximate surface area is 190 Å². The number of ether oxygens (including phenoxy) is 2. The fourth-order valence-electron chi connectivity index (χ4n) is 3.51. The van der Waals surface area contributed by atoms with Gasteiger partial charge in [-0.1, -0.05) is 6.07 Å². The number of amides is 2. The van der Waals surface area contributed by atoms with Crippen LogP contribution in [-0.4, -0.2) is 74.2 Å². The van der Waals surface area contributed by atoms with Gasteiger partial charge in [0.1, 0.15) is 11.5 Å². The summed E-state index contributed by atoms with van der Waals surface area (Å²) in [6.45, 7) is -0.0750. The van der Waals surface area contributed by atoms with Gasteiger partial charge in [0.05, 0.1) is 13.7 Å². The second-order valence-corrected chi connectivity index (χ2v) is 7.63. The molecule has 7 nitrogen and oxygen atoms in total. The van der Waals surface area contributed by atoms with E-state index in [2.05, 4.69) is 5.32 Å². The van der Waals surface area contributed by atoms with Gasteiger partial charge in [0.15, 0.2) is 6.61 Å². The Morgan fingerprint density at radius 2 is 1.76 bits per heavy atom. The number of benzene rings is 2. The van der Waals surface area contributed by atoms with Gasteiger partial charge in [-0.25, -0.2) is 0 Å². The quantitative estimate of drug-likeness (QED) is 0.679. The number of rotatable bonds is 7. The lowest BCUT2D eigenvalue weighted by Gasteiger charge is -2.23. The molecule has 0 aliphatic carbocycles. The van der Waals surface area contributed by atoms with Crippen LogP contribution in [0.1, 0.15) is 16.8 Å². The van der Waals surface area contributed by atoms with Crippen LogP contribution < -0.4 is 14.8 Å². The van der Waals surface area contributed by atoms with E-state index in [9.17, 15) is 22.8 Å². The zero-order valence-electron chi connectivity index (χ0n) is 18.2. The largest absolute Gasteiger partial charge is 0.497 e. The van der Waals surface area contributed by atoms with Crippen molar-refractivity contribution in [2.75, 3.05) is 51.8 Å². The Balaban J connectivity index is 1.49. The minimum absolute atomic E-state index is 0.175. The van der Waals surface area contributed by atoms with E-state index in [1.807, 2.05) is 0 Å². The second-order valence-electron chi connectivity index (χ2n) is 7.63. The summed E-state index contributed by atoms with van der Waals surface area (Å²) >= 11 is 0.